The summed E-state index contributed by atoms with van der Waals surface area (Å²) in [5, 5.41) is 8.04. The number of hydrogen-bond donors (Lipinski definition) is 2. The van der Waals surface area contributed by atoms with Crippen molar-refractivity contribution >= 4 is 16.8 Å². The van der Waals surface area contributed by atoms with Gasteiger partial charge in [0.15, 0.2) is 0 Å². The number of carbonyl (C=O) groups is 1. The molecule has 0 aliphatic carbocycles. The summed E-state index contributed by atoms with van der Waals surface area (Å²) >= 11 is 0. The summed E-state index contributed by atoms with van der Waals surface area (Å²) in [5.74, 6) is 1.24. The van der Waals surface area contributed by atoms with E-state index in [0.717, 1.165) is 22.9 Å². The number of amides is 1. The first-order valence-electron chi connectivity index (χ1n) is 6.98. The highest BCUT2D eigenvalue weighted by Gasteiger charge is 2.23. The van der Waals surface area contributed by atoms with Crippen LogP contribution in [0.15, 0.2) is 35.0 Å². The van der Waals surface area contributed by atoms with Crippen molar-refractivity contribution in [2.75, 3.05) is 0 Å². The van der Waals surface area contributed by atoms with E-state index >= 15 is 0 Å². The molecular formula is C15H14N4O2. The van der Waals surface area contributed by atoms with Crippen LogP contribution in [0.25, 0.3) is 22.3 Å². The monoisotopic (exact) mass is 282 g/mol. The molecule has 1 saturated heterocycles. The first-order chi connectivity index (χ1) is 10.3. The molecule has 1 unspecified atom stereocenters. The molecule has 3 aromatic rings. The molecular weight excluding hydrogens is 268 g/mol. The van der Waals surface area contributed by atoms with Crippen LogP contribution in [0.1, 0.15) is 18.7 Å². The number of rotatable bonds is 3. The van der Waals surface area contributed by atoms with E-state index in [0.29, 0.717) is 24.6 Å². The molecule has 3 heterocycles. The van der Waals surface area contributed by atoms with Crippen molar-refractivity contribution in [3.8, 4) is 11.4 Å². The van der Waals surface area contributed by atoms with Gasteiger partial charge in [-0.05, 0) is 18.6 Å². The third kappa shape index (κ3) is 2.18. The van der Waals surface area contributed by atoms with E-state index in [2.05, 4.69) is 20.4 Å². The van der Waals surface area contributed by atoms with Crippen LogP contribution in [0.2, 0.25) is 0 Å². The van der Waals surface area contributed by atoms with E-state index in [-0.39, 0.29) is 11.9 Å². The number of fused-ring (bicyclic) bond motifs is 1. The molecule has 0 radical (unpaired) electrons. The van der Waals surface area contributed by atoms with Crippen LogP contribution in [-0.2, 0) is 11.2 Å². The molecule has 106 valence electrons. The predicted molar refractivity (Wildman–Crippen MR) is 76.5 cm³/mol. The minimum Gasteiger partial charge on any atom is -0.361 e. The van der Waals surface area contributed by atoms with Crippen LogP contribution in [0.3, 0.4) is 0 Å². The zero-order valence-corrected chi connectivity index (χ0v) is 11.3. The van der Waals surface area contributed by atoms with E-state index in [9.17, 15) is 4.79 Å². The minimum absolute atomic E-state index is 0.0943. The summed E-state index contributed by atoms with van der Waals surface area (Å²) in [6.45, 7) is 0. The van der Waals surface area contributed by atoms with Crippen LogP contribution in [0.5, 0.6) is 0 Å². The molecule has 0 saturated carbocycles. The maximum atomic E-state index is 11.2. The van der Waals surface area contributed by atoms with Gasteiger partial charge in [0, 0.05) is 41.5 Å². The Bertz CT molecular complexity index is 805. The smallest absolute Gasteiger partial charge is 0.229 e. The van der Waals surface area contributed by atoms with Gasteiger partial charge < -0.3 is 14.8 Å². The molecule has 6 nitrogen and oxygen atoms in total. The van der Waals surface area contributed by atoms with Crippen molar-refractivity contribution in [3.05, 3.63) is 36.4 Å². The Hall–Kier alpha value is -2.63. The fourth-order valence-electron chi connectivity index (χ4n) is 2.77. The summed E-state index contributed by atoms with van der Waals surface area (Å²) in [7, 11) is 0. The Kier molecular flexibility index (Phi) is 2.73. The molecule has 0 bridgehead atoms. The fourth-order valence-corrected chi connectivity index (χ4v) is 2.77. The lowest BCUT2D eigenvalue weighted by Gasteiger charge is -2.04. The largest absolute Gasteiger partial charge is 0.361 e. The Labute approximate surface area is 120 Å². The van der Waals surface area contributed by atoms with Gasteiger partial charge >= 0.3 is 0 Å². The van der Waals surface area contributed by atoms with Gasteiger partial charge in [0.25, 0.3) is 0 Å². The lowest BCUT2D eigenvalue weighted by atomic mass is 10.1. The maximum Gasteiger partial charge on any atom is 0.229 e. The first-order valence-corrected chi connectivity index (χ1v) is 6.98. The molecule has 21 heavy (non-hydrogen) atoms. The Morgan fingerprint density at radius 3 is 3.14 bits per heavy atom. The molecule has 4 rings (SSSR count). The summed E-state index contributed by atoms with van der Waals surface area (Å²) in [4.78, 5) is 18.8. The van der Waals surface area contributed by atoms with Crippen LogP contribution >= 0.6 is 0 Å². The Balaban J connectivity index is 1.62. The zero-order chi connectivity index (χ0) is 14.2. The molecule has 1 atom stereocenters. The van der Waals surface area contributed by atoms with Crippen LogP contribution in [0.4, 0.5) is 0 Å². The second-order valence-electron chi connectivity index (χ2n) is 5.26. The van der Waals surface area contributed by atoms with Crippen molar-refractivity contribution in [3.63, 3.8) is 0 Å². The number of hydrogen-bond acceptors (Lipinski definition) is 4. The highest BCUT2D eigenvalue weighted by atomic mass is 16.5. The van der Waals surface area contributed by atoms with E-state index in [1.54, 1.807) is 0 Å². The quantitative estimate of drug-likeness (QED) is 0.770. The molecule has 2 aromatic heterocycles. The van der Waals surface area contributed by atoms with Crippen LogP contribution in [-0.4, -0.2) is 27.1 Å². The molecule has 1 aliphatic rings. The van der Waals surface area contributed by atoms with E-state index in [1.807, 2.05) is 30.5 Å². The molecule has 1 amide bonds. The number of nitrogens with zero attached hydrogens (tertiary/aromatic N) is 2. The van der Waals surface area contributed by atoms with E-state index in [1.165, 1.54) is 0 Å². The standard InChI is InChI=1S/C15H14N4O2/c20-13-5-4-9(17-13)8-14-18-15(19-21-14)11-2-1-3-12-10(11)6-7-16-12/h1-3,6-7,9,16H,4-5,8H2,(H,17,20). The lowest BCUT2D eigenvalue weighted by molar-refractivity contribution is -0.119. The third-order valence-corrected chi connectivity index (χ3v) is 3.81. The number of H-pyrrole nitrogens is 1. The first kappa shape index (κ1) is 12.1. The van der Waals surface area contributed by atoms with Gasteiger partial charge in [0.1, 0.15) is 0 Å². The van der Waals surface area contributed by atoms with Gasteiger partial charge in [-0.1, -0.05) is 17.3 Å². The third-order valence-electron chi connectivity index (χ3n) is 3.81. The van der Waals surface area contributed by atoms with Gasteiger partial charge in [-0.3, -0.25) is 4.79 Å². The van der Waals surface area contributed by atoms with Gasteiger partial charge in [-0.15, -0.1) is 0 Å². The molecule has 1 aromatic carbocycles. The van der Waals surface area contributed by atoms with Gasteiger partial charge in [0.05, 0.1) is 0 Å². The Morgan fingerprint density at radius 1 is 1.33 bits per heavy atom. The highest BCUT2D eigenvalue weighted by Crippen LogP contribution is 2.26. The number of aromatic amines is 1. The van der Waals surface area contributed by atoms with Crippen molar-refractivity contribution in [2.45, 2.75) is 25.3 Å². The maximum absolute atomic E-state index is 11.2. The van der Waals surface area contributed by atoms with Crippen molar-refractivity contribution in [1.29, 1.82) is 0 Å². The van der Waals surface area contributed by atoms with E-state index < -0.39 is 0 Å². The molecule has 0 spiro atoms. The van der Waals surface area contributed by atoms with Crippen molar-refractivity contribution < 1.29 is 9.32 Å². The van der Waals surface area contributed by atoms with Gasteiger partial charge in [-0.2, -0.15) is 4.98 Å². The number of benzene rings is 1. The second-order valence-corrected chi connectivity index (χ2v) is 5.26. The minimum atomic E-state index is 0.0943. The van der Waals surface area contributed by atoms with Crippen LogP contribution < -0.4 is 5.32 Å². The van der Waals surface area contributed by atoms with Crippen molar-refractivity contribution in [1.82, 2.24) is 20.4 Å². The summed E-state index contributed by atoms with van der Waals surface area (Å²) in [6.07, 6.45) is 3.88. The average molecular weight is 282 g/mol. The Morgan fingerprint density at radius 2 is 2.29 bits per heavy atom. The van der Waals surface area contributed by atoms with Crippen LogP contribution in [0, 0.1) is 0 Å². The summed E-state index contributed by atoms with van der Waals surface area (Å²) < 4.78 is 5.32. The predicted octanol–water partition coefficient (Wildman–Crippen LogP) is 2.04. The normalized spacial score (nSPS) is 18.3. The number of carbonyl (C=O) groups excluding carboxylic acids is 1. The second kappa shape index (κ2) is 4.73. The average Bonchev–Trinajstić information content (AvgIpc) is 3.19. The van der Waals surface area contributed by atoms with Gasteiger partial charge in [0.2, 0.25) is 17.6 Å². The van der Waals surface area contributed by atoms with Gasteiger partial charge in [-0.25, -0.2) is 0 Å². The molecule has 2 N–H and O–H groups in total. The zero-order valence-electron chi connectivity index (χ0n) is 11.3. The highest BCUT2D eigenvalue weighted by molar-refractivity contribution is 5.93. The molecule has 6 heteroatoms. The number of aromatic nitrogens is 3. The summed E-state index contributed by atoms with van der Waals surface area (Å²) in [6, 6.07) is 8.05. The SMILES string of the molecule is O=C1CCC(Cc2nc(-c3cccc4[nH]ccc34)no2)N1. The van der Waals surface area contributed by atoms with E-state index in [4.69, 9.17) is 4.52 Å². The molecule has 1 aliphatic heterocycles. The summed E-state index contributed by atoms with van der Waals surface area (Å²) in [5.41, 5.74) is 1.99. The topological polar surface area (TPSA) is 83.8 Å². The lowest BCUT2D eigenvalue weighted by Crippen LogP contribution is -2.27. The number of nitrogens with one attached hydrogen (secondary N) is 2. The molecule has 1 fully saturated rings. The van der Waals surface area contributed by atoms with Crippen molar-refractivity contribution in [2.24, 2.45) is 0 Å². The fraction of sp³-hybridized carbons (Fsp3) is 0.267.